The smallest absolute Gasteiger partial charge is 0.270 e. The highest BCUT2D eigenvalue weighted by molar-refractivity contribution is 7.89. The van der Waals surface area contributed by atoms with E-state index in [9.17, 15) is 13.2 Å². The Labute approximate surface area is 138 Å². The molecule has 130 valence electrons. The molecule has 6 nitrogen and oxygen atoms in total. The quantitative estimate of drug-likeness (QED) is 0.890. The second kappa shape index (κ2) is 7.49. The van der Waals surface area contributed by atoms with Crippen LogP contribution in [0.4, 0.5) is 0 Å². The summed E-state index contributed by atoms with van der Waals surface area (Å²) in [5, 5.41) is 0. The van der Waals surface area contributed by atoms with E-state index in [0.717, 1.165) is 25.9 Å². The molecule has 1 aliphatic heterocycles. The highest BCUT2D eigenvalue weighted by Gasteiger charge is 2.25. The van der Waals surface area contributed by atoms with Gasteiger partial charge in [-0.05, 0) is 38.3 Å². The zero-order chi connectivity index (χ0) is 17.0. The Hall–Kier alpha value is -1.34. The van der Waals surface area contributed by atoms with Gasteiger partial charge in [0.05, 0.1) is 0 Å². The summed E-state index contributed by atoms with van der Waals surface area (Å²) in [6.45, 7) is 3.70. The van der Waals surface area contributed by atoms with E-state index in [0.29, 0.717) is 11.6 Å². The summed E-state index contributed by atoms with van der Waals surface area (Å²) >= 11 is 0. The number of rotatable bonds is 5. The van der Waals surface area contributed by atoms with Crippen LogP contribution in [0.15, 0.2) is 17.2 Å². The van der Waals surface area contributed by atoms with E-state index in [4.69, 9.17) is 0 Å². The van der Waals surface area contributed by atoms with Crippen molar-refractivity contribution in [2.45, 2.75) is 43.9 Å². The van der Waals surface area contributed by atoms with Crippen molar-refractivity contribution in [1.82, 2.24) is 14.2 Å². The van der Waals surface area contributed by atoms with Crippen molar-refractivity contribution in [2.24, 2.45) is 13.0 Å². The first kappa shape index (κ1) is 18.0. The van der Waals surface area contributed by atoms with E-state index in [1.54, 1.807) is 11.6 Å². The zero-order valence-electron chi connectivity index (χ0n) is 14.2. The molecule has 1 N–H and O–H groups in total. The Balaban J connectivity index is 2.14. The molecule has 1 aromatic rings. The standard InChI is InChI=1S/C16H27N3O3S/c1-4-6-13-7-5-9-19(10-8-13)16(20)15-11-14(12-18(15)3)23(21,22)17-2/h11-13,17H,4-10H2,1-3H3. The number of hydrogen-bond acceptors (Lipinski definition) is 3. The first-order valence-electron chi connectivity index (χ1n) is 8.28. The molecule has 1 atom stereocenters. The molecule has 1 saturated heterocycles. The molecule has 0 aliphatic carbocycles. The SMILES string of the molecule is CCCC1CCCN(C(=O)c2cc(S(=O)(=O)NC)cn2C)CC1. The van der Waals surface area contributed by atoms with Gasteiger partial charge in [0.1, 0.15) is 10.6 Å². The zero-order valence-corrected chi connectivity index (χ0v) is 15.0. The lowest BCUT2D eigenvalue weighted by Gasteiger charge is -2.20. The molecule has 0 aromatic carbocycles. The molecule has 2 heterocycles. The van der Waals surface area contributed by atoms with Gasteiger partial charge in [-0.15, -0.1) is 0 Å². The van der Waals surface area contributed by atoms with E-state index in [1.165, 1.54) is 38.6 Å². The van der Waals surface area contributed by atoms with E-state index >= 15 is 0 Å². The molecule has 7 heteroatoms. The van der Waals surface area contributed by atoms with Gasteiger partial charge in [0.2, 0.25) is 10.0 Å². The predicted molar refractivity (Wildman–Crippen MR) is 89.8 cm³/mol. The van der Waals surface area contributed by atoms with Crippen LogP contribution in [0.3, 0.4) is 0 Å². The Morgan fingerprint density at radius 3 is 2.74 bits per heavy atom. The van der Waals surface area contributed by atoms with Crippen LogP contribution in [0, 0.1) is 5.92 Å². The van der Waals surface area contributed by atoms with Crippen molar-refractivity contribution in [3.8, 4) is 0 Å². The molecule has 1 aromatic heterocycles. The topological polar surface area (TPSA) is 71.4 Å². The Bertz CT molecular complexity index is 652. The van der Waals surface area contributed by atoms with Gasteiger partial charge >= 0.3 is 0 Å². The largest absolute Gasteiger partial charge is 0.345 e. The van der Waals surface area contributed by atoms with Crippen LogP contribution >= 0.6 is 0 Å². The first-order valence-corrected chi connectivity index (χ1v) is 9.76. The maximum atomic E-state index is 12.8. The third-order valence-electron chi connectivity index (χ3n) is 4.61. The minimum absolute atomic E-state index is 0.0813. The fraction of sp³-hybridized carbons (Fsp3) is 0.688. The van der Waals surface area contributed by atoms with Crippen molar-refractivity contribution in [2.75, 3.05) is 20.1 Å². The second-order valence-electron chi connectivity index (χ2n) is 6.26. The van der Waals surface area contributed by atoms with Crippen LogP contribution in [-0.4, -0.2) is 43.9 Å². The number of hydrogen-bond donors (Lipinski definition) is 1. The van der Waals surface area contributed by atoms with E-state index < -0.39 is 10.0 Å². The van der Waals surface area contributed by atoms with Gasteiger partial charge in [0.15, 0.2) is 0 Å². The minimum Gasteiger partial charge on any atom is -0.345 e. The molecular formula is C16H27N3O3S. The van der Waals surface area contributed by atoms with Crippen LogP contribution < -0.4 is 4.72 Å². The number of amides is 1. The molecule has 0 spiro atoms. The van der Waals surface area contributed by atoms with Crippen molar-refractivity contribution >= 4 is 15.9 Å². The molecule has 1 amide bonds. The van der Waals surface area contributed by atoms with Crippen molar-refractivity contribution in [3.63, 3.8) is 0 Å². The average Bonchev–Trinajstić information content (AvgIpc) is 2.77. The molecule has 2 rings (SSSR count). The predicted octanol–water partition coefficient (Wildman–Crippen LogP) is 1.98. The van der Waals surface area contributed by atoms with Crippen LogP contribution in [0.1, 0.15) is 49.5 Å². The number of aryl methyl sites for hydroxylation is 1. The molecule has 1 unspecified atom stereocenters. The molecule has 1 fully saturated rings. The van der Waals surface area contributed by atoms with Crippen molar-refractivity contribution in [1.29, 1.82) is 0 Å². The molecule has 0 bridgehead atoms. The van der Waals surface area contributed by atoms with Crippen LogP contribution in [-0.2, 0) is 17.1 Å². The third kappa shape index (κ3) is 4.14. The summed E-state index contributed by atoms with van der Waals surface area (Å²) < 4.78 is 27.7. The van der Waals surface area contributed by atoms with Gasteiger partial charge in [0.25, 0.3) is 5.91 Å². The number of nitrogens with one attached hydrogen (secondary N) is 1. The Kier molecular flexibility index (Phi) is 5.86. The fourth-order valence-electron chi connectivity index (χ4n) is 3.24. The number of aromatic nitrogens is 1. The van der Waals surface area contributed by atoms with Crippen LogP contribution in [0.25, 0.3) is 0 Å². The van der Waals surface area contributed by atoms with Crippen molar-refractivity contribution in [3.05, 3.63) is 18.0 Å². The van der Waals surface area contributed by atoms with Gasteiger partial charge < -0.3 is 9.47 Å². The minimum atomic E-state index is -3.53. The second-order valence-corrected chi connectivity index (χ2v) is 8.14. The van der Waals surface area contributed by atoms with E-state index in [2.05, 4.69) is 11.6 Å². The molecule has 0 saturated carbocycles. The summed E-state index contributed by atoms with van der Waals surface area (Å²) in [7, 11) is -0.453. The highest BCUT2D eigenvalue weighted by atomic mass is 32.2. The summed E-state index contributed by atoms with van der Waals surface area (Å²) in [6, 6.07) is 1.46. The van der Waals surface area contributed by atoms with Gasteiger partial charge in [-0.2, -0.15) is 0 Å². The van der Waals surface area contributed by atoms with Gasteiger partial charge in [0, 0.05) is 26.3 Å². The van der Waals surface area contributed by atoms with Gasteiger partial charge in [-0.25, -0.2) is 13.1 Å². The first-order chi connectivity index (χ1) is 10.9. The number of carbonyl (C=O) groups is 1. The lowest BCUT2D eigenvalue weighted by Crippen LogP contribution is -2.33. The van der Waals surface area contributed by atoms with Crippen LogP contribution in [0.2, 0.25) is 0 Å². The maximum Gasteiger partial charge on any atom is 0.270 e. The molecule has 23 heavy (non-hydrogen) atoms. The normalized spacial score (nSPS) is 19.6. The van der Waals surface area contributed by atoms with Gasteiger partial charge in [-0.3, -0.25) is 4.79 Å². The monoisotopic (exact) mass is 341 g/mol. The lowest BCUT2D eigenvalue weighted by molar-refractivity contribution is 0.0750. The van der Waals surface area contributed by atoms with E-state index in [-0.39, 0.29) is 10.8 Å². The van der Waals surface area contributed by atoms with Crippen molar-refractivity contribution < 1.29 is 13.2 Å². The number of carbonyl (C=O) groups excluding carboxylic acids is 1. The van der Waals surface area contributed by atoms with E-state index in [1.807, 2.05) is 4.90 Å². The summed E-state index contributed by atoms with van der Waals surface area (Å²) in [5.41, 5.74) is 0.424. The fourth-order valence-corrected chi connectivity index (χ4v) is 4.04. The number of nitrogens with zero attached hydrogens (tertiary/aromatic N) is 2. The molecule has 0 radical (unpaired) electrons. The summed E-state index contributed by atoms with van der Waals surface area (Å²) in [4.78, 5) is 14.7. The van der Waals surface area contributed by atoms with Crippen LogP contribution in [0.5, 0.6) is 0 Å². The van der Waals surface area contributed by atoms with Gasteiger partial charge in [-0.1, -0.05) is 19.8 Å². The average molecular weight is 341 g/mol. The Morgan fingerprint density at radius 1 is 1.35 bits per heavy atom. The highest BCUT2D eigenvalue weighted by Crippen LogP contribution is 2.23. The number of sulfonamides is 1. The third-order valence-corrected chi connectivity index (χ3v) is 5.99. The summed E-state index contributed by atoms with van der Waals surface area (Å²) in [5.74, 6) is 0.619. The Morgan fingerprint density at radius 2 is 2.09 bits per heavy atom. The molecular weight excluding hydrogens is 314 g/mol. The summed E-state index contributed by atoms with van der Waals surface area (Å²) in [6.07, 6.45) is 7.10. The lowest BCUT2D eigenvalue weighted by atomic mass is 9.96. The molecule has 1 aliphatic rings. The number of likely N-dealkylation sites (tertiary alicyclic amines) is 1. The maximum absolute atomic E-state index is 12.8.